The van der Waals surface area contributed by atoms with Crippen molar-refractivity contribution in [3.63, 3.8) is 0 Å². The molecule has 15 heavy (non-hydrogen) atoms. The highest BCUT2D eigenvalue weighted by molar-refractivity contribution is 6.06. The molecule has 0 aromatic heterocycles. The van der Waals surface area contributed by atoms with Gasteiger partial charge in [-0.05, 0) is 6.92 Å². The van der Waals surface area contributed by atoms with Crippen molar-refractivity contribution in [3.05, 3.63) is 0 Å². The van der Waals surface area contributed by atoms with E-state index in [-0.39, 0.29) is 13.2 Å². The number of nitrogens with one attached hydrogen (secondary N) is 1. The number of methoxy groups -OCH3 is 1. The van der Waals surface area contributed by atoms with Gasteiger partial charge in [0.25, 0.3) is 5.91 Å². The molecule has 1 saturated heterocycles. The van der Waals surface area contributed by atoms with E-state index < -0.39 is 23.4 Å². The number of ether oxygens (including phenoxy) is 1. The average molecular weight is 216 g/mol. The molecule has 1 aliphatic rings. The number of aliphatic carboxylic acids is 1. The summed E-state index contributed by atoms with van der Waals surface area (Å²) in [5, 5.41) is 11.3. The minimum absolute atomic E-state index is 0.175. The molecule has 1 aliphatic heterocycles. The van der Waals surface area contributed by atoms with Crippen molar-refractivity contribution >= 4 is 17.9 Å². The molecule has 0 saturated carbocycles. The second-order valence-electron chi connectivity index (χ2n) is 3.40. The van der Waals surface area contributed by atoms with E-state index in [1.807, 2.05) is 0 Å². The summed E-state index contributed by atoms with van der Waals surface area (Å²) in [5.74, 6) is -1.85. The van der Waals surface area contributed by atoms with Crippen molar-refractivity contribution in [2.75, 3.05) is 20.3 Å². The molecule has 0 radical (unpaired) electrons. The SMILES string of the molecule is COCC(C)(C(=O)O)N1C(=O)CNC1=O. The molecule has 1 atom stereocenters. The second-order valence-corrected chi connectivity index (χ2v) is 3.40. The van der Waals surface area contributed by atoms with E-state index in [1.165, 1.54) is 14.0 Å². The number of rotatable bonds is 4. The lowest BCUT2D eigenvalue weighted by Gasteiger charge is -2.31. The Kier molecular flexibility index (Phi) is 2.94. The number of carboxylic acid groups (broad SMARTS) is 1. The lowest BCUT2D eigenvalue weighted by atomic mass is 10.0. The smallest absolute Gasteiger partial charge is 0.332 e. The Hall–Kier alpha value is -1.63. The summed E-state index contributed by atoms with van der Waals surface area (Å²) < 4.78 is 4.72. The normalized spacial score (nSPS) is 20.0. The molecular weight excluding hydrogens is 204 g/mol. The number of hydrogen-bond acceptors (Lipinski definition) is 4. The standard InChI is InChI=1S/C8H12N2O5/c1-8(4-15-2,6(12)13)10-5(11)3-9-7(10)14/h3-4H2,1-2H3,(H,9,14)(H,12,13). The molecule has 0 aromatic rings. The van der Waals surface area contributed by atoms with E-state index in [4.69, 9.17) is 9.84 Å². The van der Waals surface area contributed by atoms with Gasteiger partial charge in [-0.25, -0.2) is 14.5 Å². The highest BCUT2D eigenvalue weighted by atomic mass is 16.5. The van der Waals surface area contributed by atoms with Crippen LogP contribution >= 0.6 is 0 Å². The molecule has 84 valence electrons. The zero-order chi connectivity index (χ0) is 11.6. The van der Waals surface area contributed by atoms with E-state index in [0.717, 1.165) is 0 Å². The quantitative estimate of drug-likeness (QED) is 0.589. The molecule has 1 rings (SSSR count). The fourth-order valence-electron chi connectivity index (χ4n) is 1.42. The topological polar surface area (TPSA) is 95.9 Å². The van der Waals surface area contributed by atoms with Crippen LogP contribution in [0.25, 0.3) is 0 Å². The maximum atomic E-state index is 11.3. The number of carbonyl (C=O) groups excluding carboxylic acids is 2. The Morgan fingerprint density at radius 3 is 2.60 bits per heavy atom. The van der Waals surface area contributed by atoms with Gasteiger partial charge in [0.2, 0.25) is 0 Å². The van der Waals surface area contributed by atoms with Crippen molar-refractivity contribution in [2.45, 2.75) is 12.5 Å². The van der Waals surface area contributed by atoms with Crippen molar-refractivity contribution in [1.29, 1.82) is 0 Å². The largest absolute Gasteiger partial charge is 0.479 e. The molecule has 0 aliphatic carbocycles. The minimum Gasteiger partial charge on any atom is -0.479 e. The molecule has 2 N–H and O–H groups in total. The number of carboxylic acids is 1. The van der Waals surface area contributed by atoms with Gasteiger partial charge in [-0.15, -0.1) is 0 Å². The molecule has 0 spiro atoms. The summed E-state index contributed by atoms with van der Waals surface area (Å²) in [6, 6.07) is -0.707. The number of hydrogen-bond donors (Lipinski definition) is 2. The van der Waals surface area contributed by atoms with Crippen LogP contribution in [0.5, 0.6) is 0 Å². The van der Waals surface area contributed by atoms with Crippen LogP contribution in [0, 0.1) is 0 Å². The van der Waals surface area contributed by atoms with Crippen LogP contribution in [0.1, 0.15) is 6.92 Å². The maximum Gasteiger partial charge on any atom is 0.332 e. The lowest BCUT2D eigenvalue weighted by Crippen LogP contribution is -2.58. The van der Waals surface area contributed by atoms with Crippen LogP contribution in [-0.4, -0.2) is 53.7 Å². The zero-order valence-corrected chi connectivity index (χ0v) is 8.44. The van der Waals surface area contributed by atoms with E-state index in [1.54, 1.807) is 0 Å². The Bertz CT molecular complexity index is 300. The molecule has 7 nitrogen and oxygen atoms in total. The number of amides is 3. The summed E-state index contributed by atoms with van der Waals surface area (Å²) in [6.07, 6.45) is 0. The predicted molar refractivity (Wildman–Crippen MR) is 48.2 cm³/mol. The van der Waals surface area contributed by atoms with Gasteiger partial charge in [0.15, 0.2) is 5.54 Å². The molecule has 7 heteroatoms. The molecule has 1 fully saturated rings. The third kappa shape index (κ3) is 1.78. The van der Waals surface area contributed by atoms with E-state index >= 15 is 0 Å². The monoisotopic (exact) mass is 216 g/mol. The van der Waals surface area contributed by atoms with Gasteiger partial charge in [-0.1, -0.05) is 0 Å². The number of imide groups is 1. The first-order valence-corrected chi connectivity index (χ1v) is 4.26. The first-order chi connectivity index (χ1) is 6.93. The van der Waals surface area contributed by atoms with Crippen LogP contribution in [-0.2, 0) is 14.3 Å². The molecule has 1 heterocycles. The molecule has 0 bridgehead atoms. The van der Waals surface area contributed by atoms with Crippen molar-refractivity contribution in [1.82, 2.24) is 10.2 Å². The average Bonchev–Trinajstić information content (AvgIpc) is 2.46. The molecule has 0 aromatic carbocycles. The number of nitrogens with zero attached hydrogens (tertiary/aromatic N) is 1. The van der Waals surface area contributed by atoms with Gasteiger partial charge in [0, 0.05) is 7.11 Å². The molecule has 1 unspecified atom stereocenters. The fraction of sp³-hybridized carbons (Fsp3) is 0.625. The predicted octanol–water partition coefficient (Wildman–Crippen LogP) is -0.972. The second kappa shape index (κ2) is 3.85. The van der Waals surface area contributed by atoms with Crippen LogP contribution in [0.15, 0.2) is 0 Å². The van der Waals surface area contributed by atoms with Crippen LogP contribution < -0.4 is 5.32 Å². The zero-order valence-electron chi connectivity index (χ0n) is 8.44. The van der Waals surface area contributed by atoms with Crippen molar-refractivity contribution in [3.8, 4) is 0 Å². The van der Waals surface area contributed by atoms with E-state index in [0.29, 0.717) is 4.90 Å². The first-order valence-electron chi connectivity index (χ1n) is 4.26. The molecule has 3 amide bonds. The first kappa shape index (κ1) is 11.4. The van der Waals surface area contributed by atoms with Crippen molar-refractivity contribution < 1.29 is 24.2 Å². The van der Waals surface area contributed by atoms with Crippen LogP contribution in [0.3, 0.4) is 0 Å². The summed E-state index contributed by atoms with van der Waals surface area (Å²) in [4.78, 5) is 34.3. The van der Waals surface area contributed by atoms with Gasteiger partial charge >= 0.3 is 12.0 Å². The van der Waals surface area contributed by atoms with Gasteiger partial charge < -0.3 is 15.2 Å². The maximum absolute atomic E-state index is 11.3. The van der Waals surface area contributed by atoms with E-state index in [9.17, 15) is 14.4 Å². The highest BCUT2D eigenvalue weighted by Crippen LogP contribution is 2.19. The fourth-order valence-corrected chi connectivity index (χ4v) is 1.42. The number of carbonyl (C=O) groups is 3. The third-order valence-electron chi connectivity index (χ3n) is 2.22. The highest BCUT2D eigenvalue weighted by Gasteiger charge is 2.48. The Morgan fingerprint density at radius 2 is 2.27 bits per heavy atom. The summed E-state index contributed by atoms with van der Waals surface area (Å²) >= 11 is 0. The third-order valence-corrected chi connectivity index (χ3v) is 2.22. The van der Waals surface area contributed by atoms with E-state index in [2.05, 4.69) is 5.32 Å². The lowest BCUT2D eigenvalue weighted by molar-refractivity contribution is -0.156. The minimum atomic E-state index is -1.66. The van der Waals surface area contributed by atoms with Gasteiger partial charge in [-0.3, -0.25) is 4.79 Å². The van der Waals surface area contributed by atoms with Crippen LogP contribution in [0.4, 0.5) is 4.79 Å². The Labute approximate surface area is 86.0 Å². The van der Waals surface area contributed by atoms with Gasteiger partial charge in [0.1, 0.15) is 0 Å². The molecular formula is C8H12N2O5. The number of urea groups is 1. The van der Waals surface area contributed by atoms with Crippen LogP contribution in [0.2, 0.25) is 0 Å². The summed E-state index contributed by atoms with van der Waals surface area (Å²) in [6.45, 7) is 0.842. The van der Waals surface area contributed by atoms with Crippen molar-refractivity contribution in [2.24, 2.45) is 0 Å². The summed E-state index contributed by atoms with van der Waals surface area (Å²) in [5.41, 5.74) is -1.66. The van der Waals surface area contributed by atoms with Gasteiger partial charge in [0.05, 0.1) is 13.2 Å². The summed E-state index contributed by atoms with van der Waals surface area (Å²) in [7, 11) is 1.31. The Morgan fingerprint density at radius 1 is 1.67 bits per heavy atom. The van der Waals surface area contributed by atoms with Gasteiger partial charge in [-0.2, -0.15) is 0 Å². The Balaban J connectivity index is 3.03.